The molecular weight excluding hydrogens is 424 g/mol. The number of amides is 1. The molecule has 0 unspecified atom stereocenters. The van der Waals surface area contributed by atoms with E-state index < -0.39 is 5.60 Å². The van der Waals surface area contributed by atoms with Crippen molar-refractivity contribution in [1.29, 1.82) is 0 Å². The van der Waals surface area contributed by atoms with Crippen molar-refractivity contribution in [1.82, 2.24) is 9.80 Å². The van der Waals surface area contributed by atoms with Crippen molar-refractivity contribution in [3.8, 4) is 11.5 Å². The summed E-state index contributed by atoms with van der Waals surface area (Å²) < 4.78 is 11.4. The lowest BCUT2D eigenvalue weighted by molar-refractivity contribution is -0.138. The Morgan fingerprint density at radius 3 is 2.78 bits per heavy atom. The van der Waals surface area contributed by atoms with Crippen LogP contribution in [0.2, 0.25) is 0 Å². The molecule has 0 spiro atoms. The summed E-state index contributed by atoms with van der Waals surface area (Å²) in [6, 6.07) is 9.39. The van der Waals surface area contributed by atoms with Crippen molar-refractivity contribution in [2.24, 2.45) is 0 Å². The van der Waals surface area contributed by atoms with Crippen molar-refractivity contribution >= 4 is 17.2 Å². The highest BCUT2D eigenvalue weighted by molar-refractivity contribution is 7.10. The largest absolute Gasteiger partial charge is 0.497 e. The van der Waals surface area contributed by atoms with E-state index in [0.717, 1.165) is 30.9 Å². The first-order chi connectivity index (χ1) is 15.2. The molecule has 2 atom stereocenters. The molecule has 1 aliphatic heterocycles. The van der Waals surface area contributed by atoms with E-state index in [9.17, 15) is 9.90 Å². The van der Waals surface area contributed by atoms with Crippen LogP contribution in [0.15, 0.2) is 35.7 Å². The lowest BCUT2D eigenvalue weighted by Gasteiger charge is -2.40. The van der Waals surface area contributed by atoms with E-state index in [1.807, 2.05) is 36.1 Å². The van der Waals surface area contributed by atoms with Crippen LogP contribution in [0.3, 0.4) is 0 Å². The summed E-state index contributed by atoms with van der Waals surface area (Å²) in [5, 5.41) is 12.6. The molecule has 0 saturated heterocycles. The molecular formula is C25H36N2O4S. The van der Waals surface area contributed by atoms with Crippen molar-refractivity contribution in [2.75, 3.05) is 33.4 Å². The van der Waals surface area contributed by atoms with Crippen LogP contribution in [0.5, 0.6) is 11.5 Å². The molecule has 2 heterocycles. The number of hydrogen-bond donors (Lipinski definition) is 1. The molecule has 6 nitrogen and oxygen atoms in total. The minimum Gasteiger partial charge on any atom is -0.497 e. The number of ether oxygens (including phenoxy) is 2. The van der Waals surface area contributed by atoms with Crippen LogP contribution in [0.1, 0.15) is 50.6 Å². The Morgan fingerprint density at radius 1 is 1.34 bits per heavy atom. The smallest absolute Gasteiger partial charge is 0.237 e. The van der Waals surface area contributed by atoms with Gasteiger partial charge in [-0.2, -0.15) is 0 Å². The molecule has 1 aromatic heterocycles. The first-order valence-electron chi connectivity index (χ1n) is 11.3. The van der Waals surface area contributed by atoms with E-state index in [1.165, 1.54) is 10.4 Å². The van der Waals surface area contributed by atoms with Crippen LogP contribution in [0.25, 0.3) is 0 Å². The number of carbonyl (C=O) groups excluding carboxylic acids is 1. The van der Waals surface area contributed by atoms with Gasteiger partial charge in [-0.1, -0.05) is 13.0 Å². The van der Waals surface area contributed by atoms with Crippen molar-refractivity contribution in [3.63, 3.8) is 0 Å². The normalized spacial score (nSPS) is 17.2. The molecule has 3 rings (SSSR count). The zero-order chi connectivity index (χ0) is 23.3. The number of hydrogen-bond acceptors (Lipinski definition) is 6. The average Bonchev–Trinajstić information content (AvgIpc) is 3.25. The minimum atomic E-state index is -0.882. The van der Waals surface area contributed by atoms with Gasteiger partial charge in [0.25, 0.3) is 0 Å². The van der Waals surface area contributed by atoms with Gasteiger partial charge < -0.3 is 19.5 Å². The van der Waals surface area contributed by atoms with Gasteiger partial charge in [0.15, 0.2) is 0 Å². The van der Waals surface area contributed by atoms with E-state index in [0.29, 0.717) is 13.2 Å². The van der Waals surface area contributed by atoms with Crippen LogP contribution >= 0.6 is 11.3 Å². The van der Waals surface area contributed by atoms with Crippen LogP contribution < -0.4 is 9.47 Å². The molecule has 0 fully saturated rings. The summed E-state index contributed by atoms with van der Waals surface area (Å²) >= 11 is 1.74. The molecule has 1 aliphatic rings. The first kappa shape index (κ1) is 24.6. The Bertz CT molecular complexity index is 892. The maximum absolute atomic E-state index is 13.5. The molecule has 1 N–H and O–H groups in total. The van der Waals surface area contributed by atoms with Crippen molar-refractivity contribution in [2.45, 2.75) is 58.2 Å². The number of fused-ring (bicyclic) bond motifs is 1. The maximum Gasteiger partial charge on any atom is 0.237 e. The van der Waals surface area contributed by atoms with E-state index >= 15 is 0 Å². The third-order valence-corrected chi connectivity index (χ3v) is 7.28. The third kappa shape index (κ3) is 5.82. The lowest BCUT2D eigenvalue weighted by atomic mass is 9.98. The number of carbonyl (C=O) groups is 1. The molecule has 1 amide bonds. The Balaban J connectivity index is 1.77. The highest BCUT2D eigenvalue weighted by Gasteiger charge is 2.35. The fraction of sp³-hybridized carbons (Fsp3) is 0.560. The molecule has 176 valence electrons. The van der Waals surface area contributed by atoms with Gasteiger partial charge in [-0.3, -0.25) is 9.69 Å². The molecule has 7 heteroatoms. The van der Waals surface area contributed by atoms with Gasteiger partial charge in [-0.15, -0.1) is 11.3 Å². The van der Waals surface area contributed by atoms with Crippen molar-refractivity contribution in [3.05, 3.63) is 46.2 Å². The quantitative estimate of drug-likeness (QED) is 0.578. The van der Waals surface area contributed by atoms with Crippen LogP contribution in [0, 0.1) is 0 Å². The van der Waals surface area contributed by atoms with E-state index in [-0.39, 0.29) is 24.5 Å². The molecule has 0 bridgehead atoms. The summed E-state index contributed by atoms with van der Waals surface area (Å²) in [6.07, 6.45) is 1.79. The van der Waals surface area contributed by atoms with Crippen molar-refractivity contribution < 1.29 is 19.4 Å². The zero-order valence-corrected chi connectivity index (χ0v) is 20.7. The number of nitrogens with zero attached hydrogens (tertiary/aromatic N) is 2. The highest BCUT2D eigenvalue weighted by Crippen LogP contribution is 2.34. The zero-order valence-electron chi connectivity index (χ0n) is 19.8. The third-order valence-electron chi connectivity index (χ3n) is 6.28. The van der Waals surface area contributed by atoms with Gasteiger partial charge in [0, 0.05) is 23.5 Å². The fourth-order valence-corrected chi connectivity index (χ4v) is 5.08. The Labute approximate surface area is 195 Å². The number of aliphatic hydroxyl groups is 1. The monoisotopic (exact) mass is 460 g/mol. The second kappa shape index (κ2) is 10.7. The fourth-order valence-electron chi connectivity index (χ4n) is 4.15. The minimum absolute atomic E-state index is 0.0747. The predicted octanol–water partition coefficient (Wildman–Crippen LogP) is 4.13. The molecule has 2 aromatic rings. The van der Waals surface area contributed by atoms with Gasteiger partial charge in [0.1, 0.15) is 18.1 Å². The SMILES string of the molecule is CCCN(CC(=O)N1CCc2sccc2[C@@H]1COc1cccc(OC)c1)[C@@H](C)C(C)(C)O. The second-order valence-corrected chi connectivity index (χ2v) is 9.94. The summed E-state index contributed by atoms with van der Waals surface area (Å²) in [7, 11) is 1.63. The summed E-state index contributed by atoms with van der Waals surface area (Å²) in [5.41, 5.74) is 0.294. The second-order valence-electron chi connectivity index (χ2n) is 8.94. The van der Waals surface area contributed by atoms with Gasteiger partial charge in [-0.05, 0) is 69.3 Å². The maximum atomic E-state index is 13.5. The van der Waals surface area contributed by atoms with E-state index in [2.05, 4.69) is 23.3 Å². The van der Waals surface area contributed by atoms with Crippen LogP contribution in [-0.2, 0) is 11.2 Å². The molecule has 32 heavy (non-hydrogen) atoms. The Kier molecular flexibility index (Phi) is 8.20. The first-order valence-corrected chi connectivity index (χ1v) is 12.2. The number of rotatable bonds is 10. The van der Waals surface area contributed by atoms with Crippen LogP contribution in [-0.4, -0.2) is 65.8 Å². The van der Waals surface area contributed by atoms with Gasteiger partial charge >= 0.3 is 0 Å². The van der Waals surface area contributed by atoms with Crippen LogP contribution in [0.4, 0.5) is 0 Å². The van der Waals surface area contributed by atoms with Gasteiger partial charge in [0.2, 0.25) is 5.91 Å². The molecule has 0 saturated carbocycles. The van der Waals surface area contributed by atoms with Gasteiger partial charge in [-0.25, -0.2) is 0 Å². The van der Waals surface area contributed by atoms with E-state index in [1.54, 1.807) is 32.3 Å². The Hall–Kier alpha value is -2.09. The molecule has 0 radical (unpaired) electrons. The number of thiophene rings is 1. The predicted molar refractivity (Wildman–Crippen MR) is 129 cm³/mol. The average molecular weight is 461 g/mol. The topological polar surface area (TPSA) is 62.2 Å². The standard InChI is InChI=1S/C25H36N2O4S/c1-6-12-26(18(2)25(3,4)29)16-24(28)27-13-10-23-21(11-14-32-23)22(27)17-31-20-9-7-8-19(15-20)30-5/h7-9,11,14-15,18,22,29H,6,10,12-13,16-17H2,1-5H3/t18-,22-/m0/s1. The summed E-state index contributed by atoms with van der Waals surface area (Å²) in [6.45, 7) is 9.79. The number of methoxy groups -OCH3 is 1. The summed E-state index contributed by atoms with van der Waals surface area (Å²) in [5.74, 6) is 1.54. The molecule has 0 aliphatic carbocycles. The number of benzene rings is 1. The van der Waals surface area contributed by atoms with E-state index in [4.69, 9.17) is 9.47 Å². The Morgan fingerprint density at radius 2 is 2.09 bits per heavy atom. The lowest BCUT2D eigenvalue weighted by Crippen LogP contribution is -2.53. The molecule has 1 aromatic carbocycles. The highest BCUT2D eigenvalue weighted by atomic mass is 32.1. The van der Waals surface area contributed by atoms with Gasteiger partial charge in [0.05, 0.1) is 25.3 Å². The summed E-state index contributed by atoms with van der Waals surface area (Å²) in [4.78, 5) is 18.9.